The van der Waals surface area contributed by atoms with Gasteiger partial charge < -0.3 is 4.90 Å². The van der Waals surface area contributed by atoms with Crippen molar-refractivity contribution >= 4 is 10.2 Å². The van der Waals surface area contributed by atoms with E-state index >= 15 is 0 Å². The van der Waals surface area contributed by atoms with Crippen LogP contribution in [0.4, 0.5) is 0 Å². The fraction of sp³-hybridized carbons (Fsp3) is 0.923. The zero-order valence-corrected chi connectivity index (χ0v) is 13.5. The molecule has 1 fully saturated rings. The van der Waals surface area contributed by atoms with Gasteiger partial charge in [-0.25, -0.2) is 0 Å². The molecule has 7 heteroatoms. The van der Waals surface area contributed by atoms with E-state index in [1.807, 2.05) is 13.0 Å². The van der Waals surface area contributed by atoms with Crippen molar-refractivity contribution in [2.75, 3.05) is 33.2 Å². The van der Waals surface area contributed by atoms with Gasteiger partial charge in [-0.2, -0.15) is 22.7 Å². The monoisotopic (exact) mass is 302 g/mol. The molecule has 1 rings (SSSR count). The van der Waals surface area contributed by atoms with Crippen LogP contribution in [0, 0.1) is 17.2 Å². The van der Waals surface area contributed by atoms with Crippen LogP contribution in [0.2, 0.25) is 0 Å². The van der Waals surface area contributed by atoms with Crippen molar-refractivity contribution in [1.82, 2.24) is 13.9 Å². The van der Waals surface area contributed by atoms with E-state index in [0.717, 1.165) is 19.6 Å². The Morgan fingerprint density at radius 1 is 1.55 bits per heavy atom. The fourth-order valence-electron chi connectivity index (χ4n) is 2.55. The summed E-state index contributed by atoms with van der Waals surface area (Å²) in [6, 6.07) is 1.82. The molecule has 0 aromatic carbocycles. The molecule has 1 aliphatic heterocycles. The Labute approximate surface area is 122 Å². The summed E-state index contributed by atoms with van der Waals surface area (Å²) in [5.74, 6) is 0.686. The molecule has 1 heterocycles. The van der Waals surface area contributed by atoms with E-state index in [9.17, 15) is 8.42 Å². The first kappa shape index (κ1) is 17.4. The minimum atomic E-state index is -3.49. The average molecular weight is 302 g/mol. The third-order valence-electron chi connectivity index (χ3n) is 3.57. The summed E-state index contributed by atoms with van der Waals surface area (Å²) in [7, 11) is -2.00. The minimum absolute atomic E-state index is 0.130. The smallest absolute Gasteiger partial charge is 0.279 e. The van der Waals surface area contributed by atoms with Crippen molar-refractivity contribution in [3.63, 3.8) is 0 Å². The molecule has 2 atom stereocenters. The molecule has 1 N–H and O–H groups in total. The minimum Gasteiger partial charge on any atom is -0.301 e. The van der Waals surface area contributed by atoms with Crippen LogP contribution >= 0.6 is 0 Å². The van der Waals surface area contributed by atoms with Crippen molar-refractivity contribution < 1.29 is 8.42 Å². The first-order chi connectivity index (χ1) is 9.35. The maximum atomic E-state index is 12.0. The summed E-state index contributed by atoms with van der Waals surface area (Å²) in [6.07, 6.45) is 2.64. The summed E-state index contributed by atoms with van der Waals surface area (Å²) < 4.78 is 28.0. The highest BCUT2D eigenvalue weighted by atomic mass is 32.2. The largest absolute Gasteiger partial charge is 0.301 e. The van der Waals surface area contributed by atoms with Crippen LogP contribution in [-0.2, 0) is 10.2 Å². The van der Waals surface area contributed by atoms with Gasteiger partial charge in [-0.1, -0.05) is 6.92 Å². The second-order valence-electron chi connectivity index (χ2n) is 5.76. The zero-order valence-electron chi connectivity index (χ0n) is 12.7. The predicted molar refractivity (Wildman–Crippen MR) is 79.2 cm³/mol. The lowest BCUT2D eigenvalue weighted by atomic mass is 10.00. The summed E-state index contributed by atoms with van der Waals surface area (Å²) in [5, 5.41) is 8.51. The molecule has 20 heavy (non-hydrogen) atoms. The van der Waals surface area contributed by atoms with Crippen molar-refractivity contribution in [3.05, 3.63) is 0 Å². The molecule has 0 aromatic rings. The third kappa shape index (κ3) is 5.75. The second kappa shape index (κ2) is 7.93. The van der Waals surface area contributed by atoms with Crippen LogP contribution < -0.4 is 4.72 Å². The van der Waals surface area contributed by atoms with Crippen LogP contribution in [-0.4, -0.2) is 56.9 Å². The van der Waals surface area contributed by atoms with E-state index in [0.29, 0.717) is 5.92 Å². The van der Waals surface area contributed by atoms with Gasteiger partial charge in [0.2, 0.25) is 0 Å². The maximum absolute atomic E-state index is 12.0. The fourth-order valence-corrected chi connectivity index (χ4v) is 3.64. The second-order valence-corrected chi connectivity index (χ2v) is 7.57. The van der Waals surface area contributed by atoms with Crippen LogP contribution in [0.5, 0.6) is 0 Å². The summed E-state index contributed by atoms with van der Waals surface area (Å²) in [6.45, 7) is 7.15. The number of likely N-dealkylation sites (tertiary alicyclic amines) is 1. The maximum Gasteiger partial charge on any atom is 0.279 e. The lowest BCUT2D eigenvalue weighted by Gasteiger charge is -2.33. The molecule has 0 spiro atoms. The predicted octanol–water partition coefficient (Wildman–Crippen LogP) is 0.787. The summed E-state index contributed by atoms with van der Waals surface area (Å²) in [5.41, 5.74) is 0. The topological polar surface area (TPSA) is 76.4 Å². The van der Waals surface area contributed by atoms with Crippen molar-refractivity contribution in [3.8, 4) is 6.07 Å². The van der Waals surface area contributed by atoms with E-state index in [2.05, 4.69) is 16.5 Å². The molecule has 0 aromatic heterocycles. The van der Waals surface area contributed by atoms with Crippen molar-refractivity contribution in [1.29, 1.82) is 5.26 Å². The van der Waals surface area contributed by atoms with Crippen LogP contribution in [0.1, 0.15) is 33.1 Å². The number of nitrogens with one attached hydrogen (secondary N) is 1. The van der Waals surface area contributed by atoms with Gasteiger partial charge >= 0.3 is 0 Å². The number of rotatable bonds is 7. The van der Waals surface area contributed by atoms with Crippen LogP contribution in [0.15, 0.2) is 0 Å². The van der Waals surface area contributed by atoms with Crippen molar-refractivity contribution in [2.45, 2.75) is 39.2 Å². The van der Waals surface area contributed by atoms with Gasteiger partial charge in [0.1, 0.15) is 0 Å². The van der Waals surface area contributed by atoms with Gasteiger partial charge in [-0.3, -0.25) is 0 Å². The number of hydrogen-bond acceptors (Lipinski definition) is 4. The molecule has 0 bridgehead atoms. The molecular formula is C13H26N4O2S. The van der Waals surface area contributed by atoms with E-state index in [-0.39, 0.29) is 19.0 Å². The summed E-state index contributed by atoms with van der Waals surface area (Å²) in [4.78, 5) is 2.32. The number of nitrogens with zero attached hydrogens (tertiary/aromatic N) is 3. The number of piperidine rings is 1. The average Bonchev–Trinajstić information content (AvgIpc) is 2.34. The molecule has 0 radical (unpaired) electrons. The highest BCUT2D eigenvalue weighted by molar-refractivity contribution is 7.87. The lowest BCUT2D eigenvalue weighted by molar-refractivity contribution is 0.174. The molecule has 0 saturated carbocycles. The van der Waals surface area contributed by atoms with Gasteiger partial charge in [0, 0.05) is 39.1 Å². The Morgan fingerprint density at radius 2 is 2.25 bits per heavy atom. The van der Waals surface area contributed by atoms with E-state index in [4.69, 9.17) is 5.26 Å². The molecule has 116 valence electrons. The lowest BCUT2D eigenvalue weighted by Crippen LogP contribution is -2.48. The van der Waals surface area contributed by atoms with Gasteiger partial charge in [-0.05, 0) is 32.2 Å². The molecule has 0 aliphatic carbocycles. The highest BCUT2D eigenvalue weighted by Gasteiger charge is 2.23. The zero-order chi connectivity index (χ0) is 15.2. The van der Waals surface area contributed by atoms with Crippen molar-refractivity contribution in [2.24, 2.45) is 5.92 Å². The quantitative estimate of drug-likeness (QED) is 0.754. The molecule has 0 unspecified atom stereocenters. The Morgan fingerprint density at radius 3 is 2.85 bits per heavy atom. The molecule has 6 nitrogen and oxygen atoms in total. The Balaban J connectivity index is 2.44. The molecular weight excluding hydrogens is 276 g/mol. The molecule has 1 saturated heterocycles. The van der Waals surface area contributed by atoms with Gasteiger partial charge in [0.25, 0.3) is 10.2 Å². The normalized spacial score (nSPS) is 22.6. The van der Waals surface area contributed by atoms with E-state index in [1.54, 1.807) is 0 Å². The van der Waals surface area contributed by atoms with Gasteiger partial charge in [0.15, 0.2) is 0 Å². The van der Waals surface area contributed by atoms with Gasteiger partial charge in [0.05, 0.1) is 6.07 Å². The van der Waals surface area contributed by atoms with Gasteiger partial charge in [-0.15, -0.1) is 0 Å². The highest BCUT2D eigenvalue weighted by Crippen LogP contribution is 2.15. The van der Waals surface area contributed by atoms with Crippen LogP contribution in [0.3, 0.4) is 0 Å². The van der Waals surface area contributed by atoms with E-state index in [1.165, 1.54) is 24.2 Å². The Bertz CT molecular complexity index is 432. The Hall–Kier alpha value is -0.680. The first-order valence-electron chi connectivity index (χ1n) is 7.18. The number of hydrogen-bond donors (Lipinski definition) is 1. The third-order valence-corrected chi connectivity index (χ3v) is 5.28. The standard InChI is InChI=1S/C13H26N4O2S/c1-12-6-4-9-17(10-12)11-13(2)15-20(18,19)16(3)8-5-7-14/h12-13,15H,4-6,8-11H2,1-3H3/t12-,13+/m1/s1. The van der Waals surface area contributed by atoms with E-state index < -0.39 is 10.2 Å². The molecule has 1 aliphatic rings. The Kier molecular flexibility index (Phi) is 6.89. The SMILES string of the molecule is C[C@@H]1CCCN(C[C@H](C)NS(=O)(=O)N(C)CCC#N)C1. The van der Waals surface area contributed by atoms with Crippen LogP contribution in [0.25, 0.3) is 0 Å². The first-order valence-corrected chi connectivity index (χ1v) is 8.62. The summed E-state index contributed by atoms with van der Waals surface area (Å²) >= 11 is 0. The number of nitriles is 1. The molecule has 0 amide bonds.